The van der Waals surface area contributed by atoms with Gasteiger partial charge in [0.05, 0.1) is 25.4 Å². The van der Waals surface area contributed by atoms with Crippen molar-refractivity contribution >= 4 is 0 Å². The summed E-state index contributed by atoms with van der Waals surface area (Å²) in [6, 6.07) is 0. The highest BCUT2D eigenvalue weighted by molar-refractivity contribution is 5.00. The van der Waals surface area contributed by atoms with Gasteiger partial charge in [0.15, 0.2) is 0 Å². The molecule has 27 heavy (non-hydrogen) atoms. The lowest BCUT2D eigenvalue weighted by atomic mass is 9.65. The van der Waals surface area contributed by atoms with Gasteiger partial charge < -0.3 is 40.9 Å². The lowest BCUT2D eigenvalue weighted by Gasteiger charge is -2.46. The molecule has 0 aromatic carbocycles. The molecule has 0 radical (unpaired) electrons. The molecular formula is C19H40O8. The highest BCUT2D eigenvalue weighted by Crippen LogP contribution is 2.42. The van der Waals surface area contributed by atoms with Crippen LogP contribution >= 0.6 is 0 Å². The van der Waals surface area contributed by atoms with E-state index in [1.807, 2.05) is 13.8 Å². The molecule has 6 atom stereocenters. The molecule has 0 bridgehead atoms. The van der Waals surface area contributed by atoms with E-state index in [-0.39, 0.29) is 12.8 Å². The predicted molar refractivity (Wildman–Crippen MR) is 101 cm³/mol. The van der Waals surface area contributed by atoms with Crippen LogP contribution in [0.5, 0.6) is 0 Å². The normalized spacial score (nSPS) is 21.1. The van der Waals surface area contributed by atoms with E-state index in [2.05, 4.69) is 0 Å². The summed E-state index contributed by atoms with van der Waals surface area (Å²) in [6.07, 6.45) is -4.81. The number of aliphatic hydroxyl groups is 8. The average molecular weight is 397 g/mol. The van der Waals surface area contributed by atoms with Gasteiger partial charge in [0.1, 0.15) is 24.4 Å². The average Bonchev–Trinajstić information content (AvgIpc) is 2.69. The molecule has 0 aromatic rings. The zero-order valence-corrected chi connectivity index (χ0v) is 16.6. The first-order valence-corrected chi connectivity index (χ1v) is 10.0. The van der Waals surface area contributed by atoms with Crippen LogP contribution in [0, 0.1) is 5.41 Å². The summed E-state index contributed by atoms with van der Waals surface area (Å²) in [5, 5.41) is 80.0. The highest BCUT2D eigenvalue weighted by Gasteiger charge is 2.51. The van der Waals surface area contributed by atoms with Crippen LogP contribution in [-0.2, 0) is 0 Å². The van der Waals surface area contributed by atoms with Crippen LogP contribution in [-0.4, -0.2) is 90.7 Å². The summed E-state index contributed by atoms with van der Waals surface area (Å²) in [5.74, 6) is 0. The van der Waals surface area contributed by atoms with Crippen LogP contribution in [0.15, 0.2) is 0 Å². The van der Waals surface area contributed by atoms with E-state index >= 15 is 0 Å². The molecule has 0 amide bonds. The minimum Gasteiger partial charge on any atom is -0.394 e. The summed E-state index contributed by atoms with van der Waals surface area (Å²) >= 11 is 0. The Bertz CT molecular complexity index is 346. The predicted octanol–water partition coefficient (Wildman–Crippen LogP) is -0.717. The number of rotatable bonds is 16. The minimum absolute atomic E-state index is 0.238. The second-order valence-electron chi connectivity index (χ2n) is 7.52. The van der Waals surface area contributed by atoms with Crippen molar-refractivity contribution < 1.29 is 40.9 Å². The van der Waals surface area contributed by atoms with E-state index < -0.39 is 55.3 Å². The zero-order valence-electron chi connectivity index (χ0n) is 16.6. The van der Waals surface area contributed by atoms with E-state index in [1.165, 1.54) is 0 Å². The molecule has 164 valence electrons. The number of hydrogen-bond acceptors (Lipinski definition) is 8. The topological polar surface area (TPSA) is 162 Å². The van der Waals surface area contributed by atoms with Crippen LogP contribution in [0.4, 0.5) is 0 Å². The highest BCUT2D eigenvalue weighted by atomic mass is 16.4. The van der Waals surface area contributed by atoms with Gasteiger partial charge in [-0.25, -0.2) is 0 Å². The van der Waals surface area contributed by atoms with Crippen molar-refractivity contribution in [1.29, 1.82) is 0 Å². The number of hydrogen-bond donors (Lipinski definition) is 8. The Kier molecular flexibility index (Phi) is 13.6. The Morgan fingerprint density at radius 3 is 1.37 bits per heavy atom. The van der Waals surface area contributed by atoms with E-state index in [0.29, 0.717) is 12.8 Å². The van der Waals surface area contributed by atoms with E-state index in [0.717, 1.165) is 25.7 Å². The molecule has 0 spiro atoms. The number of aliphatic hydroxyl groups excluding tert-OH is 8. The molecule has 0 aliphatic rings. The molecule has 2 unspecified atom stereocenters. The first-order valence-electron chi connectivity index (χ1n) is 10.0. The summed E-state index contributed by atoms with van der Waals surface area (Å²) in [6.45, 7) is 2.42. The fourth-order valence-corrected chi connectivity index (χ4v) is 3.60. The second-order valence-corrected chi connectivity index (χ2v) is 7.52. The van der Waals surface area contributed by atoms with Crippen LogP contribution < -0.4 is 0 Å². The third-order valence-electron chi connectivity index (χ3n) is 5.48. The number of unbranched alkanes of at least 4 members (excludes halogenated alkanes) is 4. The van der Waals surface area contributed by atoms with Crippen LogP contribution in [0.2, 0.25) is 0 Å². The molecule has 8 heteroatoms. The Labute approximate surface area is 162 Å². The molecule has 0 aliphatic carbocycles. The summed E-state index contributed by atoms with van der Waals surface area (Å²) in [4.78, 5) is 0. The van der Waals surface area contributed by atoms with Crippen LogP contribution in [0.25, 0.3) is 0 Å². The van der Waals surface area contributed by atoms with Crippen molar-refractivity contribution in [1.82, 2.24) is 0 Å². The molecule has 0 fully saturated rings. The van der Waals surface area contributed by atoms with Gasteiger partial charge >= 0.3 is 0 Å². The summed E-state index contributed by atoms with van der Waals surface area (Å²) in [5.41, 5.74) is -1.41. The molecule has 0 saturated heterocycles. The molecule has 0 rings (SSSR count). The van der Waals surface area contributed by atoms with Gasteiger partial charge in [0.2, 0.25) is 0 Å². The summed E-state index contributed by atoms with van der Waals surface area (Å²) in [7, 11) is 0. The van der Waals surface area contributed by atoms with Crippen LogP contribution in [0.1, 0.15) is 65.2 Å². The van der Waals surface area contributed by atoms with Gasteiger partial charge in [-0.2, -0.15) is 0 Å². The SMILES string of the molecule is CCCCCCC(CCCC)(C(O)[C@@H](O)[C@@H](O)CO)C(O)[C@@H](O)[C@@H](O)CO. The minimum atomic E-state index is -1.73. The second kappa shape index (κ2) is 13.8. The zero-order chi connectivity index (χ0) is 21.0. The standard InChI is InChI=1S/C19H40O8/c1-3-5-7-8-10-19(9-6-4-2,17(26)15(24)13(22)11-20)18(27)16(25)14(23)12-21/h13-18,20-27H,3-12H2,1-2H3/t13-,14-,15-,16-,17?,18?,19?/m0/s1. The fourth-order valence-electron chi connectivity index (χ4n) is 3.60. The van der Waals surface area contributed by atoms with Gasteiger partial charge in [-0.3, -0.25) is 0 Å². The Balaban J connectivity index is 5.82. The lowest BCUT2D eigenvalue weighted by Crippen LogP contribution is -2.59. The van der Waals surface area contributed by atoms with E-state index in [9.17, 15) is 30.6 Å². The maximum absolute atomic E-state index is 10.9. The molecule has 8 N–H and O–H groups in total. The van der Waals surface area contributed by atoms with Gasteiger partial charge in [-0.15, -0.1) is 0 Å². The molecule has 0 aromatic heterocycles. The smallest absolute Gasteiger partial charge is 0.109 e. The van der Waals surface area contributed by atoms with Crippen molar-refractivity contribution in [2.45, 2.75) is 102 Å². The monoisotopic (exact) mass is 396 g/mol. The largest absolute Gasteiger partial charge is 0.394 e. The molecular weight excluding hydrogens is 356 g/mol. The van der Waals surface area contributed by atoms with Crippen molar-refractivity contribution in [2.75, 3.05) is 13.2 Å². The molecule has 0 heterocycles. The molecule has 8 nitrogen and oxygen atoms in total. The van der Waals surface area contributed by atoms with Crippen molar-refractivity contribution in [3.8, 4) is 0 Å². The lowest BCUT2D eigenvalue weighted by molar-refractivity contribution is -0.195. The van der Waals surface area contributed by atoms with Crippen molar-refractivity contribution in [2.24, 2.45) is 5.41 Å². The fraction of sp³-hybridized carbons (Fsp3) is 1.00. The van der Waals surface area contributed by atoms with Crippen molar-refractivity contribution in [3.05, 3.63) is 0 Å². The van der Waals surface area contributed by atoms with E-state index in [1.54, 1.807) is 0 Å². The van der Waals surface area contributed by atoms with Gasteiger partial charge in [0, 0.05) is 5.41 Å². The Morgan fingerprint density at radius 2 is 1.00 bits per heavy atom. The third-order valence-corrected chi connectivity index (χ3v) is 5.48. The van der Waals surface area contributed by atoms with Gasteiger partial charge in [-0.1, -0.05) is 52.4 Å². The Morgan fingerprint density at radius 1 is 0.593 bits per heavy atom. The molecule has 0 saturated carbocycles. The maximum Gasteiger partial charge on any atom is 0.109 e. The summed E-state index contributed by atoms with van der Waals surface area (Å²) < 4.78 is 0. The van der Waals surface area contributed by atoms with Crippen LogP contribution in [0.3, 0.4) is 0 Å². The third kappa shape index (κ3) is 7.55. The van der Waals surface area contributed by atoms with Gasteiger partial charge in [0.25, 0.3) is 0 Å². The molecule has 0 aliphatic heterocycles. The first-order chi connectivity index (χ1) is 12.7. The van der Waals surface area contributed by atoms with Gasteiger partial charge in [-0.05, 0) is 12.8 Å². The quantitative estimate of drug-likeness (QED) is 0.159. The van der Waals surface area contributed by atoms with E-state index in [4.69, 9.17) is 10.2 Å². The first kappa shape index (κ1) is 26.7. The maximum atomic E-state index is 10.9. The Hall–Kier alpha value is -0.320. The van der Waals surface area contributed by atoms with Crippen molar-refractivity contribution in [3.63, 3.8) is 0 Å².